The van der Waals surface area contributed by atoms with Crippen LogP contribution < -0.4 is 5.56 Å². The second-order valence-corrected chi connectivity index (χ2v) is 7.70. The molecule has 0 radical (unpaired) electrons. The first kappa shape index (κ1) is 17.0. The summed E-state index contributed by atoms with van der Waals surface area (Å²) in [7, 11) is 0. The van der Waals surface area contributed by atoms with Crippen LogP contribution in [0.3, 0.4) is 0 Å². The number of fused-ring (bicyclic) bond motifs is 3. The predicted octanol–water partition coefficient (Wildman–Crippen LogP) is 3.64. The van der Waals surface area contributed by atoms with Crippen LogP contribution in [-0.4, -0.2) is 15.5 Å². The molecular weight excluding hydrogens is 348 g/mol. The van der Waals surface area contributed by atoms with E-state index in [0.717, 1.165) is 41.6 Å². The van der Waals surface area contributed by atoms with E-state index in [2.05, 4.69) is 4.98 Å². The van der Waals surface area contributed by atoms with Gasteiger partial charge in [0.15, 0.2) is 0 Å². The largest absolute Gasteiger partial charge is 0.459 e. The molecule has 0 amide bonds. The van der Waals surface area contributed by atoms with E-state index < -0.39 is 12.0 Å². The number of carbonyl (C=O) groups excluding carboxylic acids is 1. The summed E-state index contributed by atoms with van der Waals surface area (Å²) in [5.74, 6) is -0.429. The maximum atomic E-state index is 13.0. The van der Waals surface area contributed by atoms with Crippen molar-refractivity contribution < 1.29 is 9.53 Å². The fourth-order valence-electron chi connectivity index (χ4n) is 3.40. The Morgan fingerprint density at radius 2 is 2.04 bits per heavy atom. The average molecular weight is 368 g/mol. The van der Waals surface area contributed by atoms with Gasteiger partial charge >= 0.3 is 5.97 Å². The molecule has 1 aromatic carbocycles. The fraction of sp³-hybridized carbons (Fsp3) is 0.350. The summed E-state index contributed by atoms with van der Waals surface area (Å²) in [6.45, 7) is 1.88. The monoisotopic (exact) mass is 368 g/mol. The average Bonchev–Trinajstić information content (AvgIpc) is 3.06. The Hall–Kier alpha value is -2.47. The molecule has 0 aliphatic heterocycles. The molecule has 134 valence electrons. The zero-order valence-corrected chi connectivity index (χ0v) is 15.4. The lowest BCUT2D eigenvalue weighted by molar-refractivity contribution is -0.148. The molecule has 5 nitrogen and oxygen atoms in total. The third-order valence-electron chi connectivity index (χ3n) is 4.88. The van der Waals surface area contributed by atoms with E-state index in [4.69, 9.17) is 4.74 Å². The number of aryl methyl sites for hydroxylation is 2. The fourth-order valence-corrected chi connectivity index (χ4v) is 4.62. The molecule has 26 heavy (non-hydrogen) atoms. The summed E-state index contributed by atoms with van der Waals surface area (Å²) in [6, 6.07) is 8.80. The number of carbonyl (C=O) groups is 1. The van der Waals surface area contributed by atoms with Gasteiger partial charge in [-0.25, -0.2) is 9.78 Å². The molecule has 0 N–H and O–H groups in total. The van der Waals surface area contributed by atoms with Crippen molar-refractivity contribution in [2.24, 2.45) is 0 Å². The highest BCUT2D eigenvalue weighted by atomic mass is 32.1. The number of aromatic nitrogens is 2. The number of rotatable bonds is 4. The Balaban J connectivity index is 1.60. The number of benzene rings is 1. The lowest BCUT2D eigenvalue weighted by Gasteiger charge is -2.15. The van der Waals surface area contributed by atoms with Gasteiger partial charge in [0.25, 0.3) is 5.56 Å². The van der Waals surface area contributed by atoms with E-state index in [1.807, 2.05) is 30.3 Å². The molecule has 0 unspecified atom stereocenters. The summed E-state index contributed by atoms with van der Waals surface area (Å²) < 4.78 is 6.78. The maximum absolute atomic E-state index is 13.0. The van der Waals surface area contributed by atoms with Crippen LogP contribution in [0.4, 0.5) is 0 Å². The van der Waals surface area contributed by atoms with Gasteiger partial charge in [0.2, 0.25) is 0 Å². The standard InChI is InChI=1S/C20H20N2O3S/c1-13(20(24)25-11-14-7-3-2-4-8-14)22-12-21-18-17(19(22)23)15-9-5-6-10-16(15)26-18/h2-4,7-8,12-13H,5-6,9-11H2,1H3/t13-/m0/s1. The summed E-state index contributed by atoms with van der Waals surface area (Å²) in [4.78, 5) is 31.9. The molecule has 6 heteroatoms. The molecule has 0 spiro atoms. The molecule has 0 saturated heterocycles. The molecule has 2 aromatic heterocycles. The van der Waals surface area contributed by atoms with E-state index in [9.17, 15) is 9.59 Å². The van der Waals surface area contributed by atoms with Crippen molar-refractivity contribution in [3.8, 4) is 0 Å². The maximum Gasteiger partial charge on any atom is 0.329 e. The van der Waals surface area contributed by atoms with Gasteiger partial charge in [0.05, 0.1) is 11.7 Å². The molecule has 4 rings (SSSR count). The van der Waals surface area contributed by atoms with Crippen LogP contribution in [0.15, 0.2) is 41.5 Å². The quantitative estimate of drug-likeness (QED) is 0.660. The summed E-state index contributed by atoms with van der Waals surface area (Å²) in [6.07, 6.45) is 5.67. The smallest absolute Gasteiger partial charge is 0.329 e. The zero-order chi connectivity index (χ0) is 18.1. The van der Waals surface area contributed by atoms with Crippen LogP contribution in [-0.2, 0) is 29.0 Å². The van der Waals surface area contributed by atoms with Crippen molar-refractivity contribution in [2.45, 2.75) is 45.3 Å². The second kappa shape index (κ2) is 7.03. The van der Waals surface area contributed by atoms with Gasteiger partial charge < -0.3 is 4.74 Å². The van der Waals surface area contributed by atoms with Gasteiger partial charge in [-0.2, -0.15) is 0 Å². The highest BCUT2D eigenvalue weighted by molar-refractivity contribution is 7.18. The number of ether oxygens (including phenoxy) is 1. The Kier molecular flexibility index (Phi) is 4.59. The van der Waals surface area contributed by atoms with Crippen LogP contribution in [0, 0.1) is 0 Å². The van der Waals surface area contributed by atoms with Gasteiger partial charge in [-0.3, -0.25) is 9.36 Å². The number of hydrogen-bond acceptors (Lipinski definition) is 5. The van der Waals surface area contributed by atoms with Gasteiger partial charge in [-0.1, -0.05) is 30.3 Å². The highest BCUT2D eigenvalue weighted by Gasteiger charge is 2.24. The normalized spacial score (nSPS) is 14.8. The van der Waals surface area contributed by atoms with Gasteiger partial charge in [0.1, 0.15) is 17.5 Å². The van der Waals surface area contributed by atoms with E-state index >= 15 is 0 Å². The minimum absolute atomic E-state index is 0.140. The first-order valence-electron chi connectivity index (χ1n) is 8.87. The van der Waals surface area contributed by atoms with Crippen molar-refractivity contribution in [2.75, 3.05) is 0 Å². The second-order valence-electron chi connectivity index (χ2n) is 6.62. The molecule has 1 atom stereocenters. The third kappa shape index (κ3) is 3.05. The van der Waals surface area contributed by atoms with Crippen LogP contribution >= 0.6 is 11.3 Å². The molecule has 1 aliphatic carbocycles. The first-order chi connectivity index (χ1) is 12.6. The minimum atomic E-state index is -0.706. The Morgan fingerprint density at radius 3 is 2.85 bits per heavy atom. The van der Waals surface area contributed by atoms with E-state index in [-0.39, 0.29) is 12.2 Å². The molecule has 0 fully saturated rings. The van der Waals surface area contributed by atoms with Crippen LogP contribution in [0.25, 0.3) is 10.2 Å². The van der Waals surface area contributed by atoms with Crippen molar-refractivity contribution in [1.29, 1.82) is 0 Å². The van der Waals surface area contributed by atoms with Crippen molar-refractivity contribution in [1.82, 2.24) is 9.55 Å². The van der Waals surface area contributed by atoms with Crippen molar-refractivity contribution in [3.63, 3.8) is 0 Å². The first-order valence-corrected chi connectivity index (χ1v) is 9.68. The van der Waals surface area contributed by atoms with Crippen LogP contribution in [0.5, 0.6) is 0 Å². The lowest BCUT2D eigenvalue weighted by Crippen LogP contribution is -2.29. The Bertz CT molecular complexity index is 1010. The Morgan fingerprint density at radius 1 is 1.27 bits per heavy atom. The van der Waals surface area contributed by atoms with E-state index in [1.54, 1.807) is 18.3 Å². The molecule has 2 heterocycles. The third-order valence-corrected chi connectivity index (χ3v) is 6.08. The topological polar surface area (TPSA) is 61.2 Å². The number of hydrogen-bond donors (Lipinski definition) is 0. The highest BCUT2D eigenvalue weighted by Crippen LogP contribution is 2.33. The zero-order valence-electron chi connectivity index (χ0n) is 14.6. The molecule has 0 bridgehead atoms. The molecule has 3 aromatic rings. The molecular formula is C20H20N2O3S. The summed E-state index contributed by atoms with van der Waals surface area (Å²) >= 11 is 1.61. The minimum Gasteiger partial charge on any atom is -0.459 e. The van der Waals surface area contributed by atoms with Crippen LogP contribution in [0.1, 0.15) is 41.8 Å². The summed E-state index contributed by atoms with van der Waals surface area (Å²) in [5.41, 5.74) is 1.91. The Labute approximate surface area is 155 Å². The number of thiophene rings is 1. The number of nitrogens with zero attached hydrogens (tertiary/aromatic N) is 2. The van der Waals surface area contributed by atoms with Crippen LogP contribution in [0.2, 0.25) is 0 Å². The predicted molar refractivity (Wildman–Crippen MR) is 101 cm³/mol. The van der Waals surface area contributed by atoms with Crippen molar-refractivity contribution in [3.05, 3.63) is 63.0 Å². The van der Waals surface area contributed by atoms with Gasteiger partial charge in [-0.05, 0) is 43.7 Å². The number of esters is 1. The van der Waals surface area contributed by atoms with Gasteiger partial charge in [-0.15, -0.1) is 11.3 Å². The molecule has 1 aliphatic rings. The summed E-state index contributed by atoms with van der Waals surface area (Å²) in [5, 5.41) is 0.690. The lowest BCUT2D eigenvalue weighted by atomic mass is 9.97. The van der Waals surface area contributed by atoms with E-state index in [1.165, 1.54) is 15.8 Å². The van der Waals surface area contributed by atoms with Gasteiger partial charge in [0, 0.05) is 4.88 Å². The molecule has 0 saturated carbocycles. The SMILES string of the molecule is C[C@@H](C(=O)OCc1ccccc1)n1cnc2sc3c(c2c1=O)CCCC3. The van der Waals surface area contributed by atoms with Crippen molar-refractivity contribution >= 4 is 27.5 Å². The van der Waals surface area contributed by atoms with E-state index in [0.29, 0.717) is 5.39 Å².